The summed E-state index contributed by atoms with van der Waals surface area (Å²) in [6, 6.07) is 6.97. The van der Waals surface area contributed by atoms with Crippen LogP contribution < -0.4 is 9.64 Å². The van der Waals surface area contributed by atoms with Gasteiger partial charge in [0, 0.05) is 43.4 Å². The lowest BCUT2D eigenvalue weighted by Gasteiger charge is -2.42. The Hall–Kier alpha value is -5.16. The second-order valence-electron chi connectivity index (χ2n) is 16.8. The molecule has 324 valence electrons. The maximum atomic E-state index is 17.4. The summed E-state index contributed by atoms with van der Waals surface area (Å²) in [5, 5.41) is 0.556. The molecule has 0 radical (unpaired) electrons. The van der Waals surface area contributed by atoms with Crippen LogP contribution in [0, 0.1) is 5.92 Å². The van der Waals surface area contributed by atoms with Gasteiger partial charge in [0.2, 0.25) is 11.7 Å². The highest BCUT2D eigenvalue weighted by Gasteiger charge is 2.49. The third kappa shape index (κ3) is 9.89. The Morgan fingerprint density at radius 2 is 1.75 bits per heavy atom. The van der Waals surface area contributed by atoms with Crippen LogP contribution in [0.1, 0.15) is 79.1 Å². The number of anilines is 1. The van der Waals surface area contributed by atoms with Crippen molar-refractivity contribution in [2.45, 2.75) is 103 Å². The summed E-state index contributed by atoms with van der Waals surface area (Å²) in [7, 11) is 1.21. The fourth-order valence-corrected chi connectivity index (χ4v) is 7.30. The number of likely N-dealkylation sites (tertiary alicyclic amines) is 1. The van der Waals surface area contributed by atoms with Crippen LogP contribution in [-0.2, 0) is 40.3 Å². The number of pyridine rings is 1. The average molecular weight is 860 g/mol. The molecule has 2 aliphatic rings. The highest BCUT2D eigenvalue weighted by molar-refractivity contribution is 6.30. The van der Waals surface area contributed by atoms with Crippen LogP contribution in [0.15, 0.2) is 53.1 Å². The van der Waals surface area contributed by atoms with Gasteiger partial charge in [-0.1, -0.05) is 42.8 Å². The number of aromatic nitrogens is 3. The zero-order chi connectivity index (χ0) is 43.8. The Labute approximate surface area is 350 Å². The minimum absolute atomic E-state index is 0.0153. The minimum Gasteiger partial charge on any atom is -0.472 e. The van der Waals surface area contributed by atoms with Gasteiger partial charge in [0.1, 0.15) is 40.1 Å². The zero-order valence-electron chi connectivity index (χ0n) is 34.7. The van der Waals surface area contributed by atoms with Crippen LogP contribution in [-0.4, -0.2) is 94.6 Å². The Balaban J connectivity index is 1.36. The molecule has 5 heterocycles. The van der Waals surface area contributed by atoms with Gasteiger partial charge in [-0.3, -0.25) is 4.79 Å². The molecule has 4 atom stereocenters. The summed E-state index contributed by atoms with van der Waals surface area (Å²) >= 11 is 6.39. The standard InChI is InChI=1S/C42H49ClF3N5O9/c1-24-22-50(38(54)60-40(5,6)7)17-16-41(24,44)28-19-25(43)21-47-35(28)57-26-20-29(36(53)59-39(2,3)4)51(23-26)34-33-32(27-13-9-10-14-30(27)58-33)48-37(49-34)42(45,46)56-18-12-11-15-31(52)55-8/h9-14,19,21,24,26,29H,15-18,20,22-23H2,1-8H3/b12-11+/t24-,26-,29-,41+/m0/s1. The highest BCUT2D eigenvalue weighted by Crippen LogP contribution is 2.46. The summed E-state index contributed by atoms with van der Waals surface area (Å²) in [6.07, 6.45) is -1.95. The smallest absolute Gasteiger partial charge is 0.418 e. The van der Waals surface area contributed by atoms with E-state index in [0.29, 0.717) is 11.0 Å². The number of para-hydroxylation sites is 1. The number of furan rings is 1. The molecule has 2 fully saturated rings. The maximum absolute atomic E-state index is 17.4. The largest absolute Gasteiger partial charge is 0.472 e. The lowest BCUT2D eigenvalue weighted by atomic mass is 9.79. The molecule has 3 aromatic heterocycles. The second-order valence-corrected chi connectivity index (χ2v) is 17.3. The number of amides is 1. The van der Waals surface area contributed by atoms with Crippen molar-refractivity contribution in [1.29, 1.82) is 0 Å². The summed E-state index contributed by atoms with van der Waals surface area (Å²) in [5.74, 6) is -3.27. The number of piperidine rings is 1. The first kappa shape index (κ1) is 44.4. The van der Waals surface area contributed by atoms with Crippen LogP contribution in [0.4, 0.5) is 23.8 Å². The van der Waals surface area contributed by atoms with Crippen molar-refractivity contribution in [3.63, 3.8) is 0 Å². The summed E-state index contributed by atoms with van der Waals surface area (Å²) < 4.78 is 82.6. The predicted octanol–water partition coefficient (Wildman–Crippen LogP) is 8.42. The van der Waals surface area contributed by atoms with Gasteiger partial charge in [-0.05, 0) is 59.7 Å². The van der Waals surface area contributed by atoms with Crippen molar-refractivity contribution in [2.24, 2.45) is 5.92 Å². The normalized spacial score (nSPS) is 21.5. The Morgan fingerprint density at radius 3 is 2.43 bits per heavy atom. The number of hydrogen-bond donors (Lipinski definition) is 0. The number of carbonyl (C=O) groups excluding carboxylic acids is 3. The van der Waals surface area contributed by atoms with Crippen LogP contribution in [0.3, 0.4) is 0 Å². The molecule has 2 aliphatic heterocycles. The number of alkyl halides is 3. The molecule has 0 unspecified atom stereocenters. The first-order chi connectivity index (χ1) is 28.1. The highest BCUT2D eigenvalue weighted by atomic mass is 35.5. The zero-order valence-corrected chi connectivity index (χ0v) is 35.5. The van der Waals surface area contributed by atoms with E-state index in [-0.39, 0.29) is 72.3 Å². The van der Waals surface area contributed by atoms with E-state index < -0.39 is 71.5 Å². The van der Waals surface area contributed by atoms with Gasteiger partial charge in [-0.15, -0.1) is 0 Å². The molecule has 4 aromatic rings. The minimum atomic E-state index is -4.05. The van der Waals surface area contributed by atoms with Crippen LogP contribution in [0.25, 0.3) is 22.1 Å². The summed E-state index contributed by atoms with van der Waals surface area (Å²) in [6.45, 7) is 11.3. The molecule has 14 nitrogen and oxygen atoms in total. The van der Waals surface area contributed by atoms with E-state index in [1.54, 1.807) is 72.7 Å². The van der Waals surface area contributed by atoms with Gasteiger partial charge in [0.15, 0.2) is 11.4 Å². The second kappa shape index (κ2) is 17.1. The van der Waals surface area contributed by atoms with Crippen LogP contribution >= 0.6 is 11.6 Å². The molecular weight excluding hydrogens is 811 g/mol. The van der Waals surface area contributed by atoms with E-state index in [0.717, 1.165) is 0 Å². The Kier molecular flexibility index (Phi) is 12.6. The van der Waals surface area contributed by atoms with Crippen LogP contribution in [0.2, 0.25) is 5.02 Å². The van der Waals surface area contributed by atoms with Crippen molar-refractivity contribution in [2.75, 3.05) is 38.3 Å². The number of rotatable bonds is 11. The Bertz CT molecular complexity index is 2280. The number of halogens is 4. The first-order valence-electron chi connectivity index (χ1n) is 19.5. The van der Waals surface area contributed by atoms with Gasteiger partial charge in [-0.2, -0.15) is 8.78 Å². The molecule has 0 N–H and O–H groups in total. The lowest BCUT2D eigenvalue weighted by Crippen LogP contribution is -2.50. The number of esters is 2. The monoisotopic (exact) mass is 859 g/mol. The molecule has 2 saturated heterocycles. The fraction of sp³-hybridized carbons (Fsp3) is 0.524. The van der Waals surface area contributed by atoms with E-state index in [1.165, 1.54) is 41.3 Å². The lowest BCUT2D eigenvalue weighted by molar-refractivity contribution is -0.247. The van der Waals surface area contributed by atoms with Crippen molar-refractivity contribution in [3.8, 4) is 5.88 Å². The fourth-order valence-electron chi connectivity index (χ4n) is 7.14. The van der Waals surface area contributed by atoms with E-state index in [9.17, 15) is 14.4 Å². The van der Waals surface area contributed by atoms with E-state index in [1.807, 2.05) is 0 Å². The maximum Gasteiger partial charge on any atom is 0.418 e. The van der Waals surface area contributed by atoms with Gasteiger partial charge >= 0.3 is 24.1 Å². The van der Waals surface area contributed by atoms with E-state index in [2.05, 4.69) is 19.7 Å². The molecule has 0 bridgehead atoms. The number of fused-ring (bicyclic) bond motifs is 3. The molecule has 0 aliphatic carbocycles. The van der Waals surface area contributed by atoms with Crippen molar-refractivity contribution in [3.05, 3.63) is 65.1 Å². The molecule has 0 saturated carbocycles. The quantitative estimate of drug-likeness (QED) is 0.0806. The molecule has 6 rings (SSSR count). The number of carbonyl (C=O) groups is 3. The number of methoxy groups -OCH3 is 1. The number of benzene rings is 1. The van der Waals surface area contributed by atoms with Crippen molar-refractivity contribution in [1.82, 2.24) is 19.9 Å². The summed E-state index contributed by atoms with van der Waals surface area (Å²) in [5.41, 5.74) is -3.29. The van der Waals surface area contributed by atoms with E-state index in [4.69, 9.17) is 35.0 Å². The molecule has 18 heteroatoms. The number of nitrogens with zero attached hydrogens (tertiary/aromatic N) is 5. The molecule has 60 heavy (non-hydrogen) atoms. The number of ether oxygens (including phenoxy) is 5. The van der Waals surface area contributed by atoms with Gasteiger partial charge in [0.05, 0.1) is 37.3 Å². The van der Waals surface area contributed by atoms with E-state index >= 15 is 13.2 Å². The average Bonchev–Trinajstić information content (AvgIpc) is 3.76. The Morgan fingerprint density at radius 1 is 1.03 bits per heavy atom. The molecule has 0 spiro atoms. The van der Waals surface area contributed by atoms with Gasteiger partial charge in [-0.25, -0.2) is 28.9 Å². The first-order valence-corrected chi connectivity index (χ1v) is 19.9. The SMILES string of the molecule is COC(=O)C/C=C/COC(F)(F)c1nc(N2C[C@@H](Oc3ncc(Cl)cc3[C@@]3(F)CCN(C(=O)OC(C)(C)C)C[C@@H]3C)C[C@H]2C(=O)OC(C)(C)C)c2oc3ccccc3c2n1. The van der Waals surface area contributed by atoms with Crippen LogP contribution in [0.5, 0.6) is 5.88 Å². The van der Waals surface area contributed by atoms with Crippen molar-refractivity contribution < 1.29 is 55.7 Å². The topological polar surface area (TPSA) is 156 Å². The predicted molar refractivity (Wildman–Crippen MR) is 215 cm³/mol. The van der Waals surface area contributed by atoms with Gasteiger partial charge < -0.3 is 37.9 Å². The molecule has 1 amide bonds. The van der Waals surface area contributed by atoms with Gasteiger partial charge in [0.25, 0.3) is 0 Å². The third-order valence-corrected chi connectivity index (χ3v) is 10.1. The van der Waals surface area contributed by atoms with Crippen molar-refractivity contribution >= 4 is 57.5 Å². The third-order valence-electron chi connectivity index (χ3n) is 9.93. The molecule has 1 aromatic carbocycles. The molecular formula is C42H49ClF3N5O9. The number of hydrogen-bond acceptors (Lipinski definition) is 13. The summed E-state index contributed by atoms with van der Waals surface area (Å²) in [4.78, 5) is 54.1.